The van der Waals surface area contributed by atoms with Gasteiger partial charge < -0.3 is 15.2 Å². The number of carbonyl (C=O) groups is 2. The average Bonchev–Trinajstić information content (AvgIpc) is 2.46. The van der Waals surface area contributed by atoms with Gasteiger partial charge in [-0.1, -0.05) is 13.8 Å². The maximum Gasteiger partial charge on any atom is 0.328 e. The van der Waals surface area contributed by atoms with Crippen LogP contribution in [-0.4, -0.2) is 61.3 Å². The Bertz CT molecular complexity index is 339. The van der Waals surface area contributed by atoms with Crippen LogP contribution in [0.2, 0.25) is 0 Å². The standard InChI is InChI=1S/C15H28N2O4/c1-11(2)8-13(15(20)21-3)16-14(19)9-17-6-4-12(10-18)5-7-17/h11-13,18H,4-10H2,1-3H3,(H,16,19)/t13-/m1/s1. The Balaban J connectivity index is 2.41. The first-order chi connectivity index (χ1) is 9.96. The van der Waals surface area contributed by atoms with Crippen molar-refractivity contribution in [1.29, 1.82) is 0 Å². The van der Waals surface area contributed by atoms with Gasteiger partial charge in [-0.05, 0) is 44.2 Å². The third-order valence-electron chi connectivity index (χ3n) is 3.86. The molecule has 1 aliphatic heterocycles. The Morgan fingerprint density at radius 3 is 2.43 bits per heavy atom. The van der Waals surface area contributed by atoms with Gasteiger partial charge in [-0.25, -0.2) is 4.79 Å². The quantitative estimate of drug-likeness (QED) is 0.665. The summed E-state index contributed by atoms with van der Waals surface area (Å²) >= 11 is 0. The van der Waals surface area contributed by atoms with Crippen LogP contribution in [-0.2, 0) is 14.3 Å². The Morgan fingerprint density at radius 1 is 1.33 bits per heavy atom. The smallest absolute Gasteiger partial charge is 0.328 e. The van der Waals surface area contributed by atoms with E-state index in [1.54, 1.807) is 0 Å². The lowest BCUT2D eigenvalue weighted by atomic mass is 9.98. The molecule has 0 unspecified atom stereocenters. The van der Waals surface area contributed by atoms with E-state index < -0.39 is 12.0 Å². The lowest BCUT2D eigenvalue weighted by molar-refractivity contribution is -0.145. The number of esters is 1. The number of aliphatic hydroxyl groups excluding tert-OH is 1. The van der Waals surface area contributed by atoms with Crippen LogP contribution in [0.5, 0.6) is 0 Å². The van der Waals surface area contributed by atoms with Crippen molar-refractivity contribution >= 4 is 11.9 Å². The number of nitrogens with zero attached hydrogens (tertiary/aromatic N) is 1. The minimum absolute atomic E-state index is 0.145. The number of aliphatic hydroxyl groups is 1. The number of hydrogen-bond donors (Lipinski definition) is 2. The fourth-order valence-corrected chi connectivity index (χ4v) is 2.60. The first-order valence-corrected chi connectivity index (χ1v) is 7.66. The number of ether oxygens (including phenoxy) is 1. The number of methoxy groups -OCH3 is 1. The zero-order valence-electron chi connectivity index (χ0n) is 13.3. The van der Waals surface area contributed by atoms with Gasteiger partial charge in [0.25, 0.3) is 0 Å². The molecule has 122 valence electrons. The summed E-state index contributed by atoms with van der Waals surface area (Å²) in [6, 6.07) is -0.572. The molecular weight excluding hydrogens is 272 g/mol. The number of likely N-dealkylation sites (tertiary alicyclic amines) is 1. The van der Waals surface area contributed by atoms with Crippen molar-refractivity contribution < 1.29 is 19.4 Å². The predicted molar refractivity (Wildman–Crippen MR) is 79.7 cm³/mol. The molecule has 1 amide bonds. The van der Waals surface area contributed by atoms with E-state index in [-0.39, 0.29) is 12.5 Å². The fraction of sp³-hybridized carbons (Fsp3) is 0.867. The van der Waals surface area contributed by atoms with Gasteiger partial charge in [0.1, 0.15) is 6.04 Å². The summed E-state index contributed by atoms with van der Waals surface area (Å²) in [6.07, 6.45) is 2.40. The molecule has 0 aromatic rings. The number of carbonyl (C=O) groups excluding carboxylic acids is 2. The van der Waals surface area contributed by atoms with E-state index in [0.717, 1.165) is 25.9 Å². The fourth-order valence-electron chi connectivity index (χ4n) is 2.60. The summed E-state index contributed by atoms with van der Waals surface area (Å²) in [6.45, 7) is 6.14. The summed E-state index contributed by atoms with van der Waals surface area (Å²) in [7, 11) is 1.33. The molecule has 0 aromatic heterocycles. The van der Waals surface area contributed by atoms with E-state index in [4.69, 9.17) is 9.84 Å². The molecule has 6 heteroatoms. The highest BCUT2D eigenvalue weighted by Crippen LogP contribution is 2.15. The second-order valence-electron chi connectivity index (χ2n) is 6.17. The summed E-state index contributed by atoms with van der Waals surface area (Å²) < 4.78 is 4.74. The molecule has 0 aromatic carbocycles. The lowest BCUT2D eigenvalue weighted by Crippen LogP contribution is -2.48. The molecule has 0 saturated carbocycles. The van der Waals surface area contributed by atoms with Gasteiger partial charge in [-0.15, -0.1) is 0 Å². The second-order valence-corrected chi connectivity index (χ2v) is 6.17. The Morgan fingerprint density at radius 2 is 1.95 bits per heavy atom. The Labute approximate surface area is 126 Å². The van der Waals surface area contributed by atoms with Crippen LogP contribution in [0.4, 0.5) is 0 Å². The van der Waals surface area contributed by atoms with Crippen LogP contribution in [0.25, 0.3) is 0 Å². The third-order valence-corrected chi connectivity index (χ3v) is 3.86. The monoisotopic (exact) mass is 300 g/mol. The topological polar surface area (TPSA) is 78.9 Å². The van der Waals surface area contributed by atoms with E-state index in [9.17, 15) is 9.59 Å². The molecule has 1 saturated heterocycles. The van der Waals surface area contributed by atoms with E-state index in [0.29, 0.717) is 24.8 Å². The van der Waals surface area contributed by atoms with Gasteiger partial charge in [0.2, 0.25) is 5.91 Å². The minimum Gasteiger partial charge on any atom is -0.467 e. The molecule has 1 atom stereocenters. The second kappa shape index (κ2) is 9.00. The van der Waals surface area contributed by atoms with Gasteiger partial charge in [0.15, 0.2) is 0 Å². The minimum atomic E-state index is -0.572. The number of nitrogens with one attached hydrogen (secondary N) is 1. The highest BCUT2D eigenvalue weighted by atomic mass is 16.5. The van der Waals surface area contributed by atoms with Gasteiger partial charge >= 0.3 is 5.97 Å². The van der Waals surface area contributed by atoms with E-state index in [1.165, 1.54) is 7.11 Å². The summed E-state index contributed by atoms with van der Waals surface area (Å²) in [5.74, 6) is 0.118. The van der Waals surface area contributed by atoms with Gasteiger partial charge in [0, 0.05) is 6.61 Å². The first kappa shape index (κ1) is 17.9. The molecule has 1 aliphatic rings. The first-order valence-electron chi connectivity index (χ1n) is 7.66. The number of hydrogen-bond acceptors (Lipinski definition) is 5. The van der Waals surface area contributed by atoms with Crippen molar-refractivity contribution in [2.45, 2.75) is 39.2 Å². The Kier molecular flexibility index (Phi) is 7.67. The molecule has 1 rings (SSSR count). The van der Waals surface area contributed by atoms with Crippen molar-refractivity contribution in [3.05, 3.63) is 0 Å². The molecule has 2 N–H and O–H groups in total. The molecule has 6 nitrogen and oxygen atoms in total. The van der Waals surface area contributed by atoms with E-state index in [2.05, 4.69) is 10.2 Å². The number of piperidine rings is 1. The van der Waals surface area contributed by atoms with Crippen molar-refractivity contribution in [3.8, 4) is 0 Å². The molecule has 0 bridgehead atoms. The van der Waals surface area contributed by atoms with Crippen molar-refractivity contribution in [1.82, 2.24) is 10.2 Å². The van der Waals surface area contributed by atoms with Crippen molar-refractivity contribution in [3.63, 3.8) is 0 Å². The maximum absolute atomic E-state index is 12.1. The molecular formula is C15H28N2O4. The van der Waals surface area contributed by atoms with Gasteiger partial charge in [-0.3, -0.25) is 9.69 Å². The highest BCUT2D eigenvalue weighted by Gasteiger charge is 2.25. The zero-order valence-corrected chi connectivity index (χ0v) is 13.3. The van der Waals surface area contributed by atoms with Crippen LogP contribution in [0, 0.1) is 11.8 Å². The summed E-state index contributed by atoms with van der Waals surface area (Å²) in [5, 5.41) is 11.9. The maximum atomic E-state index is 12.1. The van der Waals surface area contributed by atoms with Crippen LogP contribution in [0.3, 0.4) is 0 Å². The summed E-state index contributed by atoms with van der Waals surface area (Å²) in [4.78, 5) is 25.8. The van der Waals surface area contributed by atoms with Crippen molar-refractivity contribution in [2.75, 3.05) is 33.4 Å². The highest BCUT2D eigenvalue weighted by molar-refractivity contribution is 5.85. The third kappa shape index (κ3) is 6.44. The molecule has 1 fully saturated rings. The van der Waals surface area contributed by atoms with E-state index in [1.807, 2.05) is 13.8 Å². The molecule has 0 aliphatic carbocycles. The Hall–Kier alpha value is -1.14. The molecule has 1 heterocycles. The predicted octanol–water partition coefficient (Wildman–Crippen LogP) is 0.395. The SMILES string of the molecule is COC(=O)[C@@H](CC(C)C)NC(=O)CN1CCC(CO)CC1. The van der Waals surface area contributed by atoms with Crippen LogP contribution < -0.4 is 5.32 Å². The van der Waals surface area contributed by atoms with Gasteiger partial charge in [0.05, 0.1) is 13.7 Å². The normalized spacial score (nSPS) is 18.5. The molecule has 0 radical (unpaired) electrons. The lowest BCUT2D eigenvalue weighted by Gasteiger charge is -2.30. The van der Waals surface area contributed by atoms with Crippen LogP contribution >= 0.6 is 0 Å². The zero-order chi connectivity index (χ0) is 15.8. The molecule has 0 spiro atoms. The number of rotatable bonds is 7. The van der Waals surface area contributed by atoms with Crippen LogP contribution in [0.15, 0.2) is 0 Å². The average molecular weight is 300 g/mol. The van der Waals surface area contributed by atoms with Gasteiger partial charge in [-0.2, -0.15) is 0 Å². The number of amides is 1. The largest absolute Gasteiger partial charge is 0.467 e. The summed E-state index contributed by atoms with van der Waals surface area (Å²) in [5.41, 5.74) is 0. The van der Waals surface area contributed by atoms with Crippen LogP contribution in [0.1, 0.15) is 33.1 Å². The molecule has 21 heavy (non-hydrogen) atoms. The van der Waals surface area contributed by atoms with Crippen molar-refractivity contribution in [2.24, 2.45) is 11.8 Å². The van der Waals surface area contributed by atoms with E-state index >= 15 is 0 Å².